The Morgan fingerprint density at radius 2 is 0.604 bits per heavy atom. The summed E-state index contributed by atoms with van der Waals surface area (Å²) in [5.41, 5.74) is 0. The molecular weight excluding hydrogens is 1200 g/mol. The van der Waals surface area contributed by atoms with Crippen LogP contribution in [-0.2, 0) is 196 Å². The Morgan fingerprint density at radius 1 is 0.479 bits per heavy atom. The summed E-state index contributed by atoms with van der Waals surface area (Å²) in [6, 6.07) is 0. The van der Waals surface area contributed by atoms with E-state index >= 15 is 0 Å². The molecule has 0 aliphatic carbocycles. The molecule has 274 valence electrons. The van der Waals surface area contributed by atoms with Crippen LogP contribution in [0.2, 0.25) is 0 Å². The van der Waals surface area contributed by atoms with E-state index in [1.165, 1.54) is 35.2 Å². The molecule has 0 aromatic carbocycles. The summed E-state index contributed by atoms with van der Waals surface area (Å²) in [6.45, 7) is 39.1. The predicted molar refractivity (Wildman–Crippen MR) is 233 cm³/mol. The summed E-state index contributed by atoms with van der Waals surface area (Å²) < 4.78 is 4.05. The van der Waals surface area contributed by atoms with Gasteiger partial charge in [-0.05, 0) is 40.2 Å². The minimum absolute atomic E-state index is 0. The van der Waals surface area contributed by atoms with Crippen molar-refractivity contribution in [3.8, 4) is 0 Å². The average Bonchev–Trinajstić information content (AvgIpc) is 2.90. The maximum Gasteiger partial charge on any atom is 0.0444 e. The summed E-state index contributed by atoms with van der Waals surface area (Å²) in [4.78, 5) is 0. The molecule has 0 unspecified atom stereocenters. The van der Waals surface area contributed by atoms with E-state index in [1.54, 1.807) is 60.9 Å². The molecule has 0 aromatic heterocycles. The topological polar surface area (TPSA) is 0 Å². The summed E-state index contributed by atoms with van der Waals surface area (Å²) in [6.07, 6.45) is 13.6. The molecule has 0 fully saturated rings. The standard InChI is InChI=1S/2C6H11S2.2C5H11.2C3H6S2.2C3H5.6Y/c2*1-4-5(2)8-6(3)7;2*1-4-5(2)3;2*1-3(4)5-2;2*1-3-2;;;;;;/h2*4H2,1-3H3;2*4H2,1-3H3;2*1-2H3;2*1H2,2H3;;;;;;/q4*-1;;;2*-1;;;;;;. The smallest absolute Gasteiger partial charge is 0.0444 e. The normalized spacial score (nSPS) is 7.46. The number of thiocarbonyl (C=S) groups is 4. The second-order valence-corrected chi connectivity index (χ2v) is 17.1. The van der Waals surface area contributed by atoms with Crippen LogP contribution in [0.3, 0.4) is 0 Å². The van der Waals surface area contributed by atoms with Crippen molar-refractivity contribution < 1.29 is 196 Å². The van der Waals surface area contributed by atoms with Crippen LogP contribution < -0.4 is 0 Å². The molecule has 0 aromatic rings. The van der Waals surface area contributed by atoms with E-state index in [4.69, 9.17) is 24.4 Å². The van der Waals surface area contributed by atoms with Crippen molar-refractivity contribution in [2.75, 3.05) is 12.5 Å². The van der Waals surface area contributed by atoms with E-state index in [0.29, 0.717) is 0 Å². The van der Waals surface area contributed by atoms with E-state index < -0.39 is 0 Å². The van der Waals surface area contributed by atoms with Gasteiger partial charge in [0.1, 0.15) is 0 Å². The zero-order chi connectivity index (χ0) is 35.7. The molecule has 0 aliphatic heterocycles. The first-order valence-corrected chi connectivity index (χ1v) is 19.5. The zero-order valence-corrected chi connectivity index (χ0v) is 57.5. The molecule has 0 saturated heterocycles. The second kappa shape index (κ2) is 90.8. The fraction of sp³-hybridized carbons (Fsp3) is 0.647. The molecule has 48 heavy (non-hydrogen) atoms. The number of rotatable bonds is 6. The third kappa shape index (κ3) is 194. The van der Waals surface area contributed by atoms with Gasteiger partial charge in [0, 0.05) is 213 Å². The van der Waals surface area contributed by atoms with Gasteiger partial charge in [-0.2, -0.15) is 81.1 Å². The Kier molecular flexibility index (Phi) is 182. The third-order valence-corrected chi connectivity index (χ3v) is 8.12. The van der Waals surface area contributed by atoms with Crippen molar-refractivity contribution in [1.29, 1.82) is 0 Å². The Bertz CT molecular complexity index is 546. The molecule has 0 heterocycles. The largest absolute Gasteiger partial charge is 0.507 e. The van der Waals surface area contributed by atoms with Gasteiger partial charge >= 0.3 is 0 Å². The molecule has 0 nitrogen and oxygen atoms in total. The van der Waals surface area contributed by atoms with E-state index in [0.717, 1.165) is 29.6 Å². The first-order valence-electron chi connectivity index (χ1n) is 13.8. The van der Waals surface area contributed by atoms with Crippen LogP contribution in [0.1, 0.15) is 136 Å². The molecule has 0 N–H and O–H groups in total. The van der Waals surface area contributed by atoms with Gasteiger partial charge < -0.3 is 47.5 Å². The third-order valence-electron chi connectivity index (χ3n) is 3.62. The number of thioether (sulfide) groups is 4. The minimum atomic E-state index is 0. The Hall–Kier alpha value is 7.86. The minimum Gasteiger partial charge on any atom is -0.507 e. The molecule has 14 heteroatoms. The van der Waals surface area contributed by atoms with Gasteiger partial charge in [-0.25, -0.2) is 0 Å². The summed E-state index contributed by atoms with van der Waals surface area (Å²) in [5, 5.41) is 2.80. The van der Waals surface area contributed by atoms with Gasteiger partial charge in [0.15, 0.2) is 0 Å². The van der Waals surface area contributed by atoms with Crippen LogP contribution in [0.15, 0.2) is 13.2 Å². The van der Waals surface area contributed by atoms with Crippen LogP contribution >= 0.6 is 95.9 Å². The van der Waals surface area contributed by atoms with Crippen LogP contribution in [-0.4, -0.2) is 29.3 Å². The van der Waals surface area contributed by atoms with E-state index in [2.05, 4.69) is 119 Å². The van der Waals surface area contributed by atoms with Crippen molar-refractivity contribution in [2.24, 2.45) is 0 Å². The van der Waals surface area contributed by atoms with Gasteiger partial charge in [-0.3, -0.25) is 23.7 Å². The van der Waals surface area contributed by atoms with Crippen molar-refractivity contribution in [3.05, 3.63) is 47.6 Å². The predicted octanol–water partition coefficient (Wildman–Crippen LogP) is 15.4. The molecule has 0 spiro atoms. The van der Waals surface area contributed by atoms with Crippen LogP contribution in [0.4, 0.5) is 0 Å². The Morgan fingerprint density at radius 3 is 0.625 bits per heavy atom. The van der Waals surface area contributed by atoms with E-state index in [1.807, 2.05) is 40.2 Å². The van der Waals surface area contributed by atoms with Crippen LogP contribution in [0.25, 0.3) is 0 Å². The molecular formula is C34H66S8Y6-6. The SMILES string of the molecule is C=[C-]C.C=[C-]C.CC[C-](C)C.CC[C-](C)C.CC[C-](C)SC(C)=S.CC[C-](C)SC(C)=S.CSC(C)=S.CSC(C)=S.[Y].[Y].[Y].[Y].[Y].[Y]. The van der Waals surface area contributed by atoms with Crippen molar-refractivity contribution >= 4 is 113 Å². The molecule has 0 amide bonds. The second-order valence-electron chi connectivity index (χ2n) is 8.52. The first kappa shape index (κ1) is 95.9. The number of allylic oxidation sites excluding steroid dienone is 2. The van der Waals surface area contributed by atoms with Gasteiger partial charge in [-0.15, -0.1) is 23.5 Å². The number of hydrogen-bond acceptors (Lipinski definition) is 8. The molecule has 6 radical (unpaired) electrons. The van der Waals surface area contributed by atoms with Gasteiger partial charge in [0.05, 0.1) is 0 Å². The molecule has 0 rings (SSSR count). The van der Waals surface area contributed by atoms with Gasteiger partial charge in [0.2, 0.25) is 0 Å². The maximum absolute atomic E-state index is 4.88. The summed E-state index contributed by atoms with van der Waals surface area (Å²) >= 11 is 25.7. The summed E-state index contributed by atoms with van der Waals surface area (Å²) in [5.74, 6) is 3.01. The quantitative estimate of drug-likeness (QED) is 0.188. The zero-order valence-electron chi connectivity index (χ0n) is 34.0. The first-order chi connectivity index (χ1) is 19.2. The van der Waals surface area contributed by atoms with Gasteiger partial charge in [0.25, 0.3) is 0 Å². The molecule has 0 aliphatic rings. The molecule has 0 bridgehead atoms. The monoisotopic (exact) mass is 1260 g/mol. The maximum atomic E-state index is 4.88. The Labute approximate surface area is 495 Å². The Balaban J connectivity index is -0.0000000230. The average molecular weight is 1260 g/mol. The molecule has 0 saturated carbocycles. The molecule has 0 atom stereocenters. The van der Waals surface area contributed by atoms with Crippen molar-refractivity contribution in [3.63, 3.8) is 0 Å². The van der Waals surface area contributed by atoms with Crippen molar-refractivity contribution in [2.45, 2.75) is 136 Å². The van der Waals surface area contributed by atoms with Crippen LogP contribution in [0, 0.1) is 34.5 Å². The number of hydrogen-bond donors (Lipinski definition) is 0. The van der Waals surface area contributed by atoms with Crippen molar-refractivity contribution in [1.82, 2.24) is 0 Å². The van der Waals surface area contributed by atoms with Crippen LogP contribution in [0.5, 0.6) is 0 Å². The summed E-state index contributed by atoms with van der Waals surface area (Å²) in [7, 11) is 0. The van der Waals surface area contributed by atoms with E-state index in [9.17, 15) is 0 Å². The van der Waals surface area contributed by atoms with Gasteiger partial charge in [-0.1, -0.05) is 76.6 Å². The fourth-order valence-electron chi connectivity index (χ4n) is 0.635. The van der Waals surface area contributed by atoms with E-state index in [-0.39, 0.29) is 196 Å². The fourth-order valence-corrected chi connectivity index (χ4v) is 2.76.